The first-order valence-electron chi connectivity index (χ1n) is 7.39. The molecule has 0 N–H and O–H groups in total. The van der Waals surface area contributed by atoms with Crippen LogP contribution in [0.1, 0.15) is 38.2 Å². The maximum Gasteiger partial charge on any atom is 0.159 e. The first-order chi connectivity index (χ1) is 10.0. The van der Waals surface area contributed by atoms with Crippen molar-refractivity contribution < 1.29 is 17.5 Å². The normalized spacial score (nSPS) is 27.0. The zero-order valence-corrected chi connectivity index (χ0v) is 12.8. The average molecular weight is 310 g/mol. The van der Waals surface area contributed by atoms with Crippen LogP contribution >= 0.6 is 0 Å². The fourth-order valence-electron chi connectivity index (χ4n) is 3.33. The Morgan fingerprint density at radius 3 is 2.86 bits per heavy atom. The molecule has 1 fully saturated rings. The van der Waals surface area contributed by atoms with Gasteiger partial charge in [-0.15, -0.1) is 0 Å². The summed E-state index contributed by atoms with van der Waals surface area (Å²) in [5.74, 6) is 0.158. The summed E-state index contributed by atoms with van der Waals surface area (Å²) in [5, 5.41) is -0.834. The van der Waals surface area contributed by atoms with Gasteiger partial charge in [0.1, 0.15) is 11.6 Å². The summed E-state index contributed by atoms with van der Waals surface area (Å²) in [7, 11) is -3.08. The van der Waals surface area contributed by atoms with Crippen molar-refractivity contribution in [2.45, 2.75) is 43.1 Å². The third-order valence-corrected chi connectivity index (χ3v) is 6.88. The van der Waals surface area contributed by atoms with E-state index >= 15 is 0 Å². The molecule has 114 valence electrons. The van der Waals surface area contributed by atoms with E-state index < -0.39 is 15.1 Å². The van der Waals surface area contributed by atoms with E-state index in [0.717, 1.165) is 12.0 Å². The number of sulfone groups is 1. The van der Waals surface area contributed by atoms with Gasteiger partial charge in [-0.3, -0.25) is 0 Å². The van der Waals surface area contributed by atoms with Crippen molar-refractivity contribution >= 4 is 15.4 Å². The third-order valence-electron chi connectivity index (χ3n) is 4.33. The van der Waals surface area contributed by atoms with E-state index in [1.807, 2.05) is 6.92 Å². The molecule has 2 bridgehead atoms. The highest BCUT2D eigenvalue weighted by atomic mass is 32.2. The van der Waals surface area contributed by atoms with Gasteiger partial charge in [0.2, 0.25) is 0 Å². The van der Waals surface area contributed by atoms with E-state index in [1.165, 1.54) is 6.07 Å². The Labute approximate surface area is 124 Å². The van der Waals surface area contributed by atoms with E-state index in [4.69, 9.17) is 4.74 Å². The molecule has 0 amide bonds. The number of halogens is 1. The minimum absolute atomic E-state index is 0.343. The van der Waals surface area contributed by atoms with Crippen LogP contribution in [0.3, 0.4) is 0 Å². The zero-order chi connectivity index (χ0) is 15.0. The van der Waals surface area contributed by atoms with E-state index in [2.05, 4.69) is 0 Å². The van der Waals surface area contributed by atoms with Gasteiger partial charge in [0.15, 0.2) is 9.84 Å². The molecule has 3 nitrogen and oxygen atoms in total. The fourth-order valence-corrected chi connectivity index (χ4v) is 5.58. The van der Waals surface area contributed by atoms with Crippen LogP contribution in [-0.4, -0.2) is 25.5 Å². The number of hydrogen-bond donors (Lipinski definition) is 0. The van der Waals surface area contributed by atoms with Crippen LogP contribution in [0.2, 0.25) is 0 Å². The Morgan fingerprint density at radius 1 is 1.33 bits per heavy atom. The lowest BCUT2D eigenvalue weighted by Crippen LogP contribution is -2.38. The maximum atomic E-state index is 14.3. The third kappa shape index (κ3) is 2.48. The predicted octanol–water partition coefficient (Wildman–Crippen LogP) is 3.35. The minimum atomic E-state index is -3.08. The number of allylic oxidation sites excluding steroid dienone is 1. The lowest BCUT2D eigenvalue weighted by Gasteiger charge is -2.33. The monoisotopic (exact) mass is 310 g/mol. The topological polar surface area (TPSA) is 43.4 Å². The number of ether oxygens (including phenoxy) is 1. The number of fused-ring (bicyclic) bond motifs is 2. The quantitative estimate of drug-likeness (QED) is 0.860. The molecule has 5 heteroatoms. The molecule has 0 saturated carbocycles. The second-order valence-corrected chi connectivity index (χ2v) is 8.07. The van der Waals surface area contributed by atoms with Gasteiger partial charge in [-0.05, 0) is 43.9 Å². The molecule has 2 aliphatic rings. The van der Waals surface area contributed by atoms with Crippen LogP contribution in [0.5, 0.6) is 5.75 Å². The van der Waals surface area contributed by atoms with Gasteiger partial charge < -0.3 is 4.74 Å². The van der Waals surface area contributed by atoms with Gasteiger partial charge in [0.05, 0.1) is 22.7 Å². The fraction of sp³-hybridized carbons (Fsp3) is 0.500. The Kier molecular flexibility index (Phi) is 3.78. The smallest absolute Gasteiger partial charge is 0.159 e. The minimum Gasteiger partial charge on any atom is -0.493 e. The molecule has 0 radical (unpaired) electrons. The Morgan fingerprint density at radius 2 is 2.14 bits per heavy atom. The van der Waals surface area contributed by atoms with Crippen molar-refractivity contribution in [1.82, 2.24) is 0 Å². The molecular weight excluding hydrogens is 291 g/mol. The maximum absolute atomic E-state index is 14.3. The lowest BCUT2D eigenvalue weighted by molar-refractivity contribution is 0.337. The summed E-state index contributed by atoms with van der Waals surface area (Å²) in [6.45, 7) is 2.30. The van der Waals surface area contributed by atoms with Crippen LogP contribution in [0.25, 0.3) is 5.57 Å². The van der Waals surface area contributed by atoms with Crippen molar-refractivity contribution in [3.8, 4) is 5.75 Å². The SMILES string of the molecule is CCOc1cccc(F)c1C1=CC2CCCC(C1)S2(=O)=O. The molecule has 2 unspecified atom stereocenters. The van der Waals surface area contributed by atoms with Crippen molar-refractivity contribution in [3.63, 3.8) is 0 Å². The molecule has 1 saturated heterocycles. The van der Waals surface area contributed by atoms with Gasteiger partial charge in [-0.2, -0.15) is 0 Å². The van der Waals surface area contributed by atoms with Crippen LogP contribution in [0.15, 0.2) is 24.3 Å². The van der Waals surface area contributed by atoms with Gasteiger partial charge in [-0.1, -0.05) is 18.6 Å². The molecule has 2 heterocycles. The van der Waals surface area contributed by atoms with Crippen LogP contribution < -0.4 is 4.74 Å². The summed E-state index contributed by atoms with van der Waals surface area (Å²) in [4.78, 5) is 0. The standard InChI is InChI=1S/C16H19FO3S/c1-2-20-15-8-4-7-14(17)16(15)11-9-12-5-3-6-13(10-11)21(12,18)19/h4,7-9,12-13H,2-3,5-6,10H2,1H3. The molecule has 0 aromatic heterocycles. The van der Waals surface area contributed by atoms with Gasteiger partial charge in [0, 0.05) is 0 Å². The highest BCUT2D eigenvalue weighted by molar-refractivity contribution is 7.93. The Hall–Kier alpha value is -1.36. The average Bonchev–Trinajstić information content (AvgIpc) is 2.39. The molecule has 0 spiro atoms. The summed E-state index contributed by atoms with van der Waals surface area (Å²) >= 11 is 0. The van der Waals surface area contributed by atoms with E-state index in [-0.39, 0.29) is 11.1 Å². The van der Waals surface area contributed by atoms with Crippen molar-refractivity contribution in [3.05, 3.63) is 35.7 Å². The highest BCUT2D eigenvalue weighted by Gasteiger charge is 2.41. The molecule has 2 atom stereocenters. The number of benzene rings is 1. The van der Waals surface area contributed by atoms with E-state index in [1.54, 1.807) is 18.2 Å². The molecular formula is C16H19FO3S. The first-order valence-corrected chi connectivity index (χ1v) is 9.00. The second-order valence-electron chi connectivity index (χ2n) is 5.62. The molecule has 1 aromatic carbocycles. The Balaban J connectivity index is 2.08. The van der Waals surface area contributed by atoms with Gasteiger partial charge >= 0.3 is 0 Å². The van der Waals surface area contributed by atoms with Crippen molar-refractivity contribution in [2.75, 3.05) is 6.61 Å². The lowest BCUT2D eigenvalue weighted by atomic mass is 9.92. The van der Waals surface area contributed by atoms with Crippen molar-refractivity contribution in [1.29, 1.82) is 0 Å². The van der Waals surface area contributed by atoms with Crippen LogP contribution in [0.4, 0.5) is 4.39 Å². The zero-order valence-electron chi connectivity index (χ0n) is 12.0. The predicted molar refractivity (Wildman–Crippen MR) is 80.5 cm³/mol. The Bertz CT molecular complexity index is 679. The van der Waals surface area contributed by atoms with E-state index in [9.17, 15) is 12.8 Å². The summed E-state index contributed by atoms with van der Waals surface area (Å²) in [6.07, 6.45) is 4.37. The largest absolute Gasteiger partial charge is 0.493 e. The molecule has 2 aliphatic heterocycles. The molecule has 1 aromatic rings. The molecule has 3 rings (SSSR count). The molecule has 0 aliphatic carbocycles. The molecule has 21 heavy (non-hydrogen) atoms. The van der Waals surface area contributed by atoms with Gasteiger partial charge in [0.25, 0.3) is 0 Å². The second kappa shape index (κ2) is 5.44. The van der Waals surface area contributed by atoms with E-state index in [0.29, 0.717) is 37.2 Å². The number of rotatable bonds is 3. The van der Waals surface area contributed by atoms with Crippen LogP contribution in [0, 0.1) is 5.82 Å². The number of hydrogen-bond acceptors (Lipinski definition) is 3. The van der Waals surface area contributed by atoms with Crippen molar-refractivity contribution in [2.24, 2.45) is 0 Å². The first kappa shape index (κ1) is 14.6. The highest BCUT2D eigenvalue weighted by Crippen LogP contribution is 2.42. The van der Waals surface area contributed by atoms with Crippen LogP contribution in [-0.2, 0) is 9.84 Å². The summed E-state index contributed by atoms with van der Waals surface area (Å²) < 4.78 is 44.4. The summed E-state index contributed by atoms with van der Waals surface area (Å²) in [5.41, 5.74) is 1.22. The summed E-state index contributed by atoms with van der Waals surface area (Å²) in [6, 6.07) is 4.75. The van der Waals surface area contributed by atoms with Gasteiger partial charge in [-0.25, -0.2) is 12.8 Å².